The normalized spacial score (nSPS) is 10.5. The Morgan fingerprint density at radius 3 is 2.09 bits per heavy atom. The number of unbranched alkanes of at least 4 members (excludes halogenated alkanes) is 1. The van der Waals surface area contributed by atoms with E-state index >= 15 is 0 Å². The molecule has 0 rings (SSSR count). The first-order chi connectivity index (χ1) is 4.77. The minimum absolute atomic E-state index is 0. The van der Waals surface area contributed by atoms with E-state index in [2.05, 4.69) is 33.2 Å². The Morgan fingerprint density at radius 2 is 1.64 bits per heavy atom. The molecule has 0 aromatic carbocycles. The summed E-state index contributed by atoms with van der Waals surface area (Å²) in [6.07, 6.45) is 8.30. The van der Waals surface area contributed by atoms with Gasteiger partial charge in [0, 0.05) is 6.42 Å². The van der Waals surface area contributed by atoms with Crippen molar-refractivity contribution in [1.82, 2.24) is 0 Å². The molecule has 0 spiro atoms. The van der Waals surface area contributed by atoms with Crippen molar-refractivity contribution in [2.75, 3.05) is 20.6 Å². The van der Waals surface area contributed by atoms with Crippen LogP contribution in [0.3, 0.4) is 0 Å². The van der Waals surface area contributed by atoms with Crippen LogP contribution in [-0.4, -0.2) is 20.6 Å². The third kappa shape index (κ3) is 13.2. The molecule has 1 nitrogen and oxygen atoms in total. The lowest BCUT2D eigenvalue weighted by Crippen LogP contribution is -3.05. The van der Waals surface area contributed by atoms with Gasteiger partial charge in [-0.1, -0.05) is 25.5 Å². The Hall–Kier alpha value is 0.180. The number of rotatable bonds is 5. The van der Waals surface area contributed by atoms with Crippen LogP contribution in [0, 0.1) is 0 Å². The van der Waals surface area contributed by atoms with Gasteiger partial charge in [-0.25, -0.2) is 0 Å². The smallest absolute Gasteiger partial charge is 0.0801 e. The Labute approximate surface area is 81.2 Å². The van der Waals surface area contributed by atoms with Gasteiger partial charge in [0.05, 0.1) is 20.6 Å². The zero-order chi connectivity index (χ0) is 7.82. The van der Waals surface area contributed by atoms with E-state index in [1.54, 1.807) is 0 Å². The summed E-state index contributed by atoms with van der Waals surface area (Å²) in [7, 11) is 4.38. The van der Waals surface area contributed by atoms with Gasteiger partial charge in [-0.15, -0.1) is 0 Å². The molecule has 0 saturated carbocycles. The number of hydrogen-bond donors (Lipinski definition) is 1. The molecule has 0 amide bonds. The van der Waals surface area contributed by atoms with Crippen LogP contribution in [0.15, 0.2) is 12.2 Å². The van der Waals surface area contributed by atoms with Crippen molar-refractivity contribution in [3.05, 3.63) is 12.2 Å². The van der Waals surface area contributed by atoms with Gasteiger partial charge in [0.25, 0.3) is 0 Å². The number of halogens is 1. The third-order valence-corrected chi connectivity index (χ3v) is 1.43. The molecule has 0 aromatic rings. The van der Waals surface area contributed by atoms with E-state index in [-0.39, 0.29) is 17.0 Å². The molecule has 2 heteroatoms. The molecule has 0 fully saturated rings. The van der Waals surface area contributed by atoms with Gasteiger partial charge in [-0.05, 0) is 6.42 Å². The zero-order valence-corrected chi connectivity index (χ0v) is 9.45. The van der Waals surface area contributed by atoms with Crippen molar-refractivity contribution in [2.24, 2.45) is 0 Å². The van der Waals surface area contributed by atoms with Crippen molar-refractivity contribution in [3.8, 4) is 0 Å². The molecule has 0 radical (unpaired) electrons. The summed E-state index contributed by atoms with van der Waals surface area (Å²) in [5.74, 6) is 0. The van der Waals surface area contributed by atoms with E-state index < -0.39 is 0 Å². The van der Waals surface area contributed by atoms with Gasteiger partial charge in [-0.3, -0.25) is 0 Å². The second-order valence-corrected chi connectivity index (χ2v) is 3.01. The average Bonchev–Trinajstić information content (AvgIpc) is 1.87. The van der Waals surface area contributed by atoms with E-state index in [0.717, 1.165) is 0 Å². The molecule has 0 unspecified atom stereocenters. The first-order valence-corrected chi connectivity index (χ1v) is 4.21. The summed E-state index contributed by atoms with van der Waals surface area (Å²) < 4.78 is 0. The van der Waals surface area contributed by atoms with Crippen LogP contribution in [0.1, 0.15) is 26.2 Å². The second-order valence-electron chi connectivity index (χ2n) is 3.01. The number of nitrogens with one attached hydrogen (secondary N) is 1. The van der Waals surface area contributed by atoms with Crippen LogP contribution in [0.5, 0.6) is 0 Å². The zero-order valence-electron chi connectivity index (χ0n) is 7.86. The predicted molar refractivity (Wildman–Crippen MR) is 46.3 cm³/mol. The van der Waals surface area contributed by atoms with E-state index in [4.69, 9.17) is 0 Å². The maximum absolute atomic E-state index is 2.29. The van der Waals surface area contributed by atoms with Gasteiger partial charge in [-0.2, -0.15) is 0 Å². The van der Waals surface area contributed by atoms with Crippen molar-refractivity contribution in [2.45, 2.75) is 26.2 Å². The van der Waals surface area contributed by atoms with E-state index in [0.29, 0.717) is 0 Å². The molecular weight excluding hydrogens is 202 g/mol. The Morgan fingerprint density at radius 1 is 1.09 bits per heavy atom. The summed E-state index contributed by atoms with van der Waals surface area (Å²) in [6, 6.07) is 0. The minimum atomic E-state index is 0. The summed E-state index contributed by atoms with van der Waals surface area (Å²) in [5, 5.41) is 0. The highest BCUT2D eigenvalue weighted by atomic mass is 79.9. The van der Waals surface area contributed by atoms with Gasteiger partial charge in [0.2, 0.25) is 0 Å². The maximum Gasteiger partial charge on any atom is 0.0801 e. The monoisotopic (exact) mass is 221 g/mol. The highest BCUT2D eigenvalue weighted by Gasteiger charge is 1.86. The Balaban J connectivity index is 0. The van der Waals surface area contributed by atoms with Crippen LogP contribution < -0.4 is 21.9 Å². The topological polar surface area (TPSA) is 4.44 Å². The van der Waals surface area contributed by atoms with E-state index in [1.807, 2.05) is 0 Å². The van der Waals surface area contributed by atoms with Crippen LogP contribution in [0.4, 0.5) is 0 Å². The van der Waals surface area contributed by atoms with Gasteiger partial charge in [0.15, 0.2) is 0 Å². The molecule has 0 aliphatic carbocycles. The molecule has 0 atom stereocenters. The summed E-state index contributed by atoms with van der Waals surface area (Å²) >= 11 is 0. The van der Waals surface area contributed by atoms with Crippen molar-refractivity contribution in [3.63, 3.8) is 0 Å². The fraction of sp³-hybridized carbons (Fsp3) is 0.778. The first kappa shape index (κ1) is 13.7. The average molecular weight is 222 g/mol. The lowest BCUT2D eigenvalue weighted by atomic mass is 10.3. The molecule has 0 heterocycles. The number of quaternary nitrogens is 1. The van der Waals surface area contributed by atoms with Gasteiger partial charge >= 0.3 is 0 Å². The van der Waals surface area contributed by atoms with Crippen LogP contribution in [0.25, 0.3) is 0 Å². The molecule has 0 bridgehead atoms. The lowest BCUT2D eigenvalue weighted by molar-refractivity contribution is -0.857. The second kappa shape index (κ2) is 10.2. The molecule has 0 aliphatic heterocycles. The number of hydrogen-bond acceptors (Lipinski definition) is 0. The predicted octanol–water partition coefficient (Wildman–Crippen LogP) is -2.12. The van der Waals surface area contributed by atoms with Crippen LogP contribution >= 0.6 is 0 Å². The van der Waals surface area contributed by atoms with Crippen molar-refractivity contribution < 1.29 is 21.9 Å². The molecule has 0 aliphatic rings. The highest BCUT2D eigenvalue weighted by Crippen LogP contribution is 1.88. The Bertz CT molecular complexity index is 89.6. The van der Waals surface area contributed by atoms with Crippen molar-refractivity contribution >= 4 is 0 Å². The Kier molecular flexibility index (Phi) is 12.7. The summed E-state index contributed by atoms with van der Waals surface area (Å²) in [4.78, 5) is 1.53. The maximum atomic E-state index is 2.29. The van der Waals surface area contributed by atoms with Gasteiger partial charge < -0.3 is 21.9 Å². The first-order valence-electron chi connectivity index (χ1n) is 4.21. The molecule has 1 N–H and O–H groups in total. The molecule has 11 heavy (non-hydrogen) atoms. The summed E-state index contributed by atoms with van der Waals surface area (Å²) in [6.45, 7) is 3.46. The molecule has 0 saturated heterocycles. The summed E-state index contributed by atoms with van der Waals surface area (Å²) in [5.41, 5.74) is 0. The standard InChI is InChI=1S/C9H19N.BrH/c1-4-5-6-7-8-9-10(2)3;/h6-7H,4-5,8-9H2,1-3H3;1H/b7-6+;. The minimum Gasteiger partial charge on any atom is -1.00 e. The molecular formula is C9H20BrN. The van der Waals surface area contributed by atoms with Crippen LogP contribution in [0.2, 0.25) is 0 Å². The quantitative estimate of drug-likeness (QED) is 0.507. The fourth-order valence-corrected chi connectivity index (χ4v) is 0.774. The molecule has 68 valence electrons. The highest BCUT2D eigenvalue weighted by molar-refractivity contribution is 4.80. The fourth-order valence-electron chi connectivity index (χ4n) is 0.774. The molecule has 0 aromatic heterocycles. The lowest BCUT2D eigenvalue weighted by Gasteiger charge is -2.02. The number of allylic oxidation sites excluding steroid dienone is 1. The van der Waals surface area contributed by atoms with E-state index in [1.165, 1.54) is 30.7 Å². The van der Waals surface area contributed by atoms with Gasteiger partial charge in [0.1, 0.15) is 0 Å². The largest absolute Gasteiger partial charge is 1.00 e. The van der Waals surface area contributed by atoms with Crippen LogP contribution in [-0.2, 0) is 0 Å². The SMILES string of the molecule is CCC/C=C/CC[NH+](C)C.[Br-]. The van der Waals surface area contributed by atoms with E-state index in [9.17, 15) is 0 Å². The third-order valence-electron chi connectivity index (χ3n) is 1.43. The van der Waals surface area contributed by atoms with Crippen molar-refractivity contribution in [1.29, 1.82) is 0 Å².